The molecule has 8 aromatic carbocycles. The summed E-state index contributed by atoms with van der Waals surface area (Å²) in [7, 11) is 0. The molecule has 1 heterocycles. The van der Waals surface area contributed by atoms with Gasteiger partial charge in [0.2, 0.25) is 0 Å². The number of pyridine rings is 1. The zero-order chi connectivity index (χ0) is 38.6. The second kappa shape index (κ2) is 18.2. The van der Waals surface area contributed by atoms with Gasteiger partial charge >= 0.3 is 0 Å². The van der Waals surface area contributed by atoms with Gasteiger partial charge in [-0.2, -0.15) is 0 Å². The lowest BCUT2D eigenvalue weighted by atomic mass is 9.91. The van der Waals surface area contributed by atoms with Gasteiger partial charge in [-0.1, -0.05) is 163 Å². The van der Waals surface area contributed by atoms with Crippen molar-refractivity contribution in [2.45, 2.75) is 27.3 Å². The second-order valence-electron chi connectivity index (χ2n) is 13.5. The highest BCUT2D eigenvalue weighted by Gasteiger charge is 2.11. The third-order valence-corrected chi connectivity index (χ3v) is 9.63. The topological polar surface area (TPSA) is 75.1 Å². The summed E-state index contributed by atoms with van der Waals surface area (Å²) >= 11 is 0. The van der Waals surface area contributed by atoms with E-state index in [9.17, 15) is 0 Å². The maximum atomic E-state index is 7.01. The van der Waals surface area contributed by atoms with Gasteiger partial charge in [0.05, 0.1) is 12.1 Å². The summed E-state index contributed by atoms with van der Waals surface area (Å²) < 4.78 is 0. The van der Waals surface area contributed by atoms with Crippen molar-refractivity contribution >= 4 is 55.8 Å². The number of aliphatic imine (C=N–C) groups is 1. The van der Waals surface area contributed by atoms with Gasteiger partial charge in [0.1, 0.15) is 5.84 Å². The van der Waals surface area contributed by atoms with Gasteiger partial charge in [-0.05, 0) is 106 Å². The van der Waals surface area contributed by atoms with Crippen LogP contribution < -0.4 is 5.73 Å². The molecule has 0 aliphatic heterocycles. The maximum absolute atomic E-state index is 7.01. The minimum Gasteiger partial charge on any atom is -0.384 e. The molecule has 4 nitrogen and oxygen atoms in total. The molecule has 0 spiro atoms. The average Bonchev–Trinajstić information content (AvgIpc) is 3.23. The van der Waals surface area contributed by atoms with E-state index in [4.69, 9.17) is 11.1 Å². The zero-order valence-electron chi connectivity index (χ0n) is 31.7. The van der Waals surface area contributed by atoms with Crippen molar-refractivity contribution in [3.8, 4) is 11.1 Å². The lowest BCUT2D eigenvalue weighted by Gasteiger charge is -2.12. The highest BCUT2D eigenvalue weighted by molar-refractivity contribution is 6.25. The van der Waals surface area contributed by atoms with Crippen molar-refractivity contribution in [2.75, 3.05) is 0 Å². The lowest BCUT2D eigenvalue weighted by Crippen LogP contribution is -2.10. The number of benzene rings is 8. The van der Waals surface area contributed by atoms with E-state index < -0.39 is 0 Å². The van der Waals surface area contributed by atoms with Crippen LogP contribution in [-0.4, -0.2) is 17.5 Å². The number of nitrogen functional groups attached to an aromatic ring is 1. The second-order valence-corrected chi connectivity index (χ2v) is 13.5. The molecule has 4 heteroatoms. The molecule has 1 aromatic heterocycles. The van der Waals surface area contributed by atoms with Crippen LogP contribution in [0.1, 0.15) is 27.8 Å². The highest BCUT2D eigenvalue weighted by atomic mass is 14.7. The molecule has 0 atom stereocenters. The van der Waals surface area contributed by atoms with Crippen LogP contribution in [0.2, 0.25) is 0 Å². The number of nitrogens with one attached hydrogen (secondary N) is 1. The van der Waals surface area contributed by atoms with Crippen LogP contribution in [0.25, 0.3) is 54.3 Å². The van der Waals surface area contributed by atoms with Crippen LogP contribution in [0.15, 0.2) is 187 Å². The Bertz CT molecular complexity index is 2640. The van der Waals surface area contributed by atoms with Crippen LogP contribution >= 0.6 is 0 Å². The van der Waals surface area contributed by atoms with Crippen LogP contribution in [0.3, 0.4) is 0 Å². The fourth-order valence-corrected chi connectivity index (χ4v) is 6.53. The van der Waals surface area contributed by atoms with Crippen LogP contribution in [0.5, 0.6) is 0 Å². The number of hydrogen-bond acceptors (Lipinski definition) is 3. The van der Waals surface area contributed by atoms with Crippen LogP contribution in [0.4, 0.5) is 0 Å². The number of hydrogen-bond donors (Lipinski definition) is 2. The van der Waals surface area contributed by atoms with E-state index in [1.807, 2.05) is 42.6 Å². The quantitative estimate of drug-likeness (QED) is 0.108. The van der Waals surface area contributed by atoms with Crippen LogP contribution in [-0.2, 0) is 6.54 Å². The van der Waals surface area contributed by atoms with Gasteiger partial charge < -0.3 is 5.73 Å². The third-order valence-electron chi connectivity index (χ3n) is 9.63. The highest BCUT2D eigenvalue weighted by Crippen LogP contribution is 2.38. The van der Waals surface area contributed by atoms with Crippen molar-refractivity contribution in [3.63, 3.8) is 0 Å². The van der Waals surface area contributed by atoms with Crippen molar-refractivity contribution in [1.82, 2.24) is 4.98 Å². The summed E-state index contributed by atoms with van der Waals surface area (Å²) in [6.07, 6.45) is 1.90. The smallest absolute Gasteiger partial charge is 0.122 e. The molecule has 0 amide bonds. The largest absolute Gasteiger partial charge is 0.384 e. The van der Waals surface area contributed by atoms with E-state index in [2.05, 4.69) is 177 Å². The Hall–Kier alpha value is -6.91. The minimum absolute atomic E-state index is 0.121. The summed E-state index contributed by atoms with van der Waals surface area (Å²) in [5, 5.41) is 16.0. The van der Waals surface area contributed by atoms with E-state index in [0.29, 0.717) is 0 Å². The van der Waals surface area contributed by atoms with E-state index >= 15 is 0 Å². The van der Waals surface area contributed by atoms with Gasteiger partial charge in [0, 0.05) is 17.1 Å². The Morgan fingerprint density at radius 2 is 1.04 bits per heavy atom. The molecule has 0 aliphatic rings. The molecule has 9 rings (SSSR count). The van der Waals surface area contributed by atoms with E-state index in [1.165, 1.54) is 71.1 Å². The van der Waals surface area contributed by atoms with Gasteiger partial charge in [0.25, 0.3) is 0 Å². The number of nitrogens with zero attached hydrogens (tertiary/aromatic N) is 2. The molecule has 0 fully saturated rings. The molecule has 270 valence electrons. The summed E-state index contributed by atoms with van der Waals surface area (Å²) in [4.78, 5) is 8.31. The monoisotopic (exact) mass is 714 g/mol. The lowest BCUT2D eigenvalue weighted by molar-refractivity contribution is 1.08. The Labute approximate surface area is 324 Å². The minimum atomic E-state index is 0.121. The predicted molar refractivity (Wildman–Crippen MR) is 238 cm³/mol. The van der Waals surface area contributed by atoms with Crippen molar-refractivity contribution in [3.05, 3.63) is 210 Å². The Morgan fingerprint density at radius 3 is 1.56 bits per heavy atom. The van der Waals surface area contributed by atoms with E-state index in [0.717, 1.165) is 17.6 Å². The summed E-state index contributed by atoms with van der Waals surface area (Å²) in [5.41, 5.74) is 14.7. The number of amidine groups is 1. The molecule has 0 aliphatic carbocycles. The normalized spacial score (nSPS) is 10.4. The number of rotatable bonds is 4. The standard InChI is InChI=1S/C27H17N.C9H11N.C8H10.C7H8N2/c1-2-9-22-20(7-1)21-8-3-4-10-23(21)26-17-18(13-14-24(22)26)19-15-16-28-27-12-6-5-11-25(19)27;1-8-3-5-9(6-4-8)7-10-2;1-7-5-3-4-6-8(7)2;8-7(9)6-4-2-1-3-5-6/h1-17H;3-6H,2,7H2,1H3;3-6H,1-2H3;1-5H,(H3,8,9). The molecular formula is C51H46N4. The number of aryl methyl sites for hydroxylation is 3. The van der Waals surface area contributed by atoms with Gasteiger partial charge in [-0.3, -0.25) is 15.4 Å². The zero-order valence-corrected chi connectivity index (χ0v) is 31.7. The van der Waals surface area contributed by atoms with Crippen molar-refractivity contribution < 1.29 is 0 Å². The Morgan fingerprint density at radius 1 is 0.545 bits per heavy atom. The Kier molecular flexibility index (Phi) is 12.5. The molecule has 0 bridgehead atoms. The van der Waals surface area contributed by atoms with E-state index in [-0.39, 0.29) is 5.84 Å². The fourth-order valence-electron chi connectivity index (χ4n) is 6.53. The summed E-state index contributed by atoms with van der Waals surface area (Å²) in [6, 6.07) is 60.6. The molecule has 0 unspecified atom stereocenters. The third kappa shape index (κ3) is 9.37. The number of para-hydroxylation sites is 1. The number of aromatic nitrogens is 1. The summed E-state index contributed by atoms with van der Waals surface area (Å²) in [6.45, 7) is 10.5. The molecule has 0 saturated heterocycles. The van der Waals surface area contributed by atoms with E-state index in [1.54, 1.807) is 0 Å². The Balaban J connectivity index is 0.000000155. The first kappa shape index (κ1) is 37.8. The number of nitrogens with two attached hydrogens (primary N) is 1. The van der Waals surface area contributed by atoms with Gasteiger partial charge in [0.15, 0.2) is 0 Å². The maximum Gasteiger partial charge on any atom is 0.122 e. The number of fused-ring (bicyclic) bond motifs is 7. The van der Waals surface area contributed by atoms with Crippen molar-refractivity contribution in [1.29, 1.82) is 5.41 Å². The molecular weight excluding hydrogens is 669 g/mol. The predicted octanol–water partition coefficient (Wildman–Crippen LogP) is 12.8. The molecule has 0 radical (unpaired) electrons. The first-order valence-electron chi connectivity index (χ1n) is 18.4. The molecule has 3 N–H and O–H groups in total. The average molecular weight is 715 g/mol. The van der Waals surface area contributed by atoms with Crippen molar-refractivity contribution in [2.24, 2.45) is 10.7 Å². The first-order chi connectivity index (χ1) is 26.8. The molecule has 9 aromatic rings. The fraction of sp³-hybridized carbons (Fsp3) is 0.0784. The van der Waals surface area contributed by atoms with Crippen LogP contribution in [0, 0.1) is 26.2 Å². The van der Waals surface area contributed by atoms with Gasteiger partial charge in [-0.15, -0.1) is 0 Å². The first-order valence-corrected chi connectivity index (χ1v) is 18.4. The molecule has 55 heavy (non-hydrogen) atoms. The SMILES string of the molecule is C=NCc1ccc(C)cc1.Cc1ccccc1C.N=C(N)c1ccccc1.c1ccc2c(-c3ccc4c5ccccc5c5ccccc5c4c3)ccnc2c1. The van der Waals surface area contributed by atoms with Gasteiger partial charge in [-0.25, -0.2) is 0 Å². The summed E-state index contributed by atoms with van der Waals surface area (Å²) in [5.74, 6) is 0.121. The molecule has 0 saturated carbocycles.